The first-order valence-electron chi connectivity index (χ1n) is 7.00. The van der Waals surface area contributed by atoms with Crippen molar-refractivity contribution >= 4 is 17.5 Å². The molecule has 4 N–H and O–H groups in total. The number of anilines is 1. The van der Waals surface area contributed by atoms with E-state index in [1.54, 1.807) is 0 Å². The predicted octanol–water partition coefficient (Wildman–Crippen LogP) is 1.23. The number of nitrogens with two attached hydrogens (primary N) is 1. The summed E-state index contributed by atoms with van der Waals surface area (Å²) in [5.41, 5.74) is 7.49. The van der Waals surface area contributed by atoms with Crippen LogP contribution in [0.3, 0.4) is 0 Å². The van der Waals surface area contributed by atoms with Crippen molar-refractivity contribution in [2.75, 3.05) is 18.8 Å². The molecule has 2 amide bonds. The number of para-hydroxylation sites is 1. The Morgan fingerprint density at radius 3 is 2.40 bits per heavy atom. The van der Waals surface area contributed by atoms with E-state index < -0.39 is 0 Å². The molecule has 0 saturated heterocycles. The summed E-state index contributed by atoms with van der Waals surface area (Å²) in [6.45, 7) is 3.05. The minimum Gasteiger partial charge on any atom is -0.399 e. The normalized spacial score (nSPS) is 10.1. The molecular formula is C15H23N3O2. The molecule has 20 heavy (non-hydrogen) atoms. The van der Waals surface area contributed by atoms with Gasteiger partial charge in [-0.2, -0.15) is 0 Å². The standard InChI is InChI=1S/C15H23N3O2/c1-2-10-17-15(20)9-11-18-14(19)8-7-12-5-3-4-6-13(12)16/h3-6H,2,7-11,16H2,1H3,(H,17,20)(H,18,19). The highest BCUT2D eigenvalue weighted by Crippen LogP contribution is 2.12. The SMILES string of the molecule is CCCNC(=O)CCNC(=O)CCc1ccccc1N. The summed E-state index contributed by atoms with van der Waals surface area (Å²) in [6, 6.07) is 7.52. The van der Waals surface area contributed by atoms with Gasteiger partial charge in [-0.15, -0.1) is 0 Å². The third-order valence-electron chi connectivity index (χ3n) is 2.92. The summed E-state index contributed by atoms with van der Waals surface area (Å²) in [5.74, 6) is -0.0870. The van der Waals surface area contributed by atoms with Crippen LogP contribution in [0.1, 0.15) is 31.7 Å². The highest BCUT2D eigenvalue weighted by atomic mass is 16.2. The van der Waals surface area contributed by atoms with E-state index in [9.17, 15) is 9.59 Å². The van der Waals surface area contributed by atoms with Crippen LogP contribution < -0.4 is 16.4 Å². The van der Waals surface area contributed by atoms with Gasteiger partial charge in [0.05, 0.1) is 0 Å². The smallest absolute Gasteiger partial charge is 0.221 e. The second-order valence-electron chi connectivity index (χ2n) is 4.65. The summed E-state index contributed by atoms with van der Waals surface area (Å²) in [4.78, 5) is 23.0. The predicted molar refractivity (Wildman–Crippen MR) is 80.1 cm³/mol. The van der Waals surface area contributed by atoms with Gasteiger partial charge >= 0.3 is 0 Å². The van der Waals surface area contributed by atoms with Crippen molar-refractivity contribution in [1.29, 1.82) is 0 Å². The van der Waals surface area contributed by atoms with Gasteiger partial charge in [0.25, 0.3) is 0 Å². The fraction of sp³-hybridized carbons (Fsp3) is 0.467. The Labute approximate surface area is 119 Å². The quantitative estimate of drug-likeness (QED) is 0.625. The summed E-state index contributed by atoms with van der Waals surface area (Å²) < 4.78 is 0. The molecule has 0 aromatic heterocycles. The molecule has 0 heterocycles. The molecule has 1 aromatic rings. The van der Waals surface area contributed by atoms with Gasteiger partial charge in [0, 0.05) is 31.6 Å². The number of benzene rings is 1. The zero-order valence-corrected chi connectivity index (χ0v) is 11.9. The Hall–Kier alpha value is -2.04. The fourth-order valence-corrected chi connectivity index (χ4v) is 1.77. The van der Waals surface area contributed by atoms with Crippen molar-refractivity contribution in [3.8, 4) is 0 Å². The average Bonchev–Trinajstić information content (AvgIpc) is 2.44. The fourth-order valence-electron chi connectivity index (χ4n) is 1.77. The van der Waals surface area contributed by atoms with Crippen LogP contribution in [0.15, 0.2) is 24.3 Å². The lowest BCUT2D eigenvalue weighted by atomic mass is 10.1. The molecule has 0 radical (unpaired) electrons. The van der Waals surface area contributed by atoms with Crippen LogP contribution in [0.5, 0.6) is 0 Å². The summed E-state index contributed by atoms with van der Waals surface area (Å²) >= 11 is 0. The van der Waals surface area contributed by atoms with Gasteiger partial charge in [-0.05, 0) is 24.5 Å². The molecule has 0 unspecified atom stereocenters. The molecular weight excluding hydrogens is 254 g/mol. The lowest BCUT2D eigenvalue weighted by Gasteiger charge is -2.07. The number of carbonyl (C=O) groups excluding carboxylic acids is 2. The van der Waals surface area contributed by atoms with Gasteiger partial charge in [-0.1, -0.05) is 25.1 Å². The minimum atomic E-state index is -0.0588. The van der Waals surface area contributed by atoms with Gasteiger partial charge in [-0.25, -0.2) is 0 Å². The second-order valence-corrected chi connectivity index (χ2v) is 4.65. The Bertz CT molecular complexity index is 446. The van der Waals surface area contributed by atoms with Crippen molar-refractivity contribution < 1.29 is 9.59 Å². The maximum Gasteiger partial charge on any atom is 0.221 e. The van der Waals surface area contributed by atoms with Crippen molar-refractivity contribution in [3.05, 3.63) is 29.8 Å². The summed E-state index contributed by atoms with van der Waals surface area (Å²) in [5, 5.41) is 5.50. The third-order valence-corrected chi connectivity index (χ3v) is 2.92. The van der Waals surface area contributed by atoms with Crippen LogP contribution in [-0.2, 0) is 16.0 Å². The van der Waals surface area contributed by atoms with E-state index in [0.717, 1.165) is 12.0 Å². The third kappa shape index (κ3) is 6.22. The molecule has 0 spiro atoms. The van der Waals surface area contributed by atoms with E-state index in [4.69, 9.17) is 5.73 Å². The number of hydrogen-bond donors (Lipinski definition) is 3. The van der Waals surface area contributed by atoms with E-state index in [0.29, 0.717) is 38.0 Å². The second kappa shape index (κ2) is 8.96. The van der Waals surface area contributed by atoms with Gasteiger partial charge in [0.1, 0.15) is 0 Å². The molecule has 0 bridgehead atoms. The lowest BCUT2D eigenvalue weighted by Crippen LogP contribution is -2.31. The molecule has 110 valence electrons. The lowest BCUT2D eigenvalue weighted by molar-refractivity contribution is -0.122. The first kappa shape index (κ1) is 16.0. The number of rotatable bonds is 8. The largest absolute Gasteiger partial charge is 0.399 e. The van der Waals surface area contributed by atoms with E-state index in [1.165, 1.54) is 0 Å². The number of amides is 2. The molecule has 0 saturated carbocycles. The Balaban J connectivity index is 2.18. The average molecular weight is 277 g/mol. The maximum atomic E-state index is 11.6. The van der Waals surface area contributed by atoms with Crippen LogP contribution >= 0.6 is 0 Å². The van der Waals surface area contributed by atoms with Gasteiger partial charge in [0.2, 0.25) is 11.8 Å². The van der Waals surface area contributed by atoms with Gasteiger partial charge in [-0.3, -0.25) is 9.59 Å². The Morgan fingerprint density at radius 1 is 1.05 bits per heavy atom. The number of nitrogens with one attached hydrogen (secondary N) is 2. The van der Waals surface area contributed by atoms with Crippen LogP contribution in [-0.4, -0.2) is 24.9 Å². The van der Waals surface area contributed by atoms with Crippen LogP contribution in [0.4, 0.5) is 5.69 Å². The summed E-state index contributed by atoms with van der Waals surface area (Å²) in [7, 11) is 0. The van der Waals surface area contributed by atoms with Gasteiger partial charge < -0.3 is 16.4 Å². The number of aryl methyl sites for hydroxylation is 1. The zero-order valence-electron chi connectivity index (χ0n) is 11.9. The highest BCUT2D eigenvalue weighted by Gasteiger charge is 2.05. The van der Waals surface area contributed by atoms with E-state index in [-0.39, 0.29) is 11.8 Å². The first-order chi connectivity index (χ1) is 9.63. The number of nitrogen functional groups attached to an aromatic ring is 1. The van der Waals surface area contributed by atoms with E-state index >= 15 is 0 Å². The number of carbonyl (C=O) groups is 2. The molecule has 1 rings (SSSR count). The number of hydrogen-bond acceptors (Lipinski definition) is 3. The Morgan fingerprint density at radius 2 is 1.70 bits per heavy atom. The monoisotopic (exact) mass is 277 g/mol. The molecule has 0 aliphatic heterocycles. The molecule has 5 heteroatoms. The van der Waals surface area contributed by atoms with Crippen molar-refractivity contribution in [2.24, 2.45) is 0 Å². The van der Waals surface area contributed by atoms with Crippen LogP contribution in [0.25, 0.3) is 0 Å². The molecule has 0 aliphatic rings. The van der Waals surface area contributed by atoms with E-state index in [1.807, 2.05) is 31.2 Å². The van der Waals surface area contributed by atoms with E-state index in [2.05, 4.69) is 10.6 Å². The van der Waals surface area contributed by atoms with Crippen LogP contribution in [0.2, 0.25) is 0 Å². The highest BCUT2D eigenvalue weighted by molar-refractivity contribution is 5.79. The minimum absolute atomic E-state index is 0.0283. The molecule has 0 fully saturated rings. The maximum absolute atomic E-state index is 11.6. The zero-order chi connectivity index (χ0) is 14.8. The van der Waals surface area contributed by atoms with Crippen molar-refractivity contribution in [2.45, 2.75) is 32.6 Å². The van der Waals surface area contributed by atoms with Gasteiger partial charge in [0.15, 0.2) is 0 Å². The van der Waals surface area contributed by atoms with Crippen molar-refractivity contribution in [3.63, 3.8) is 0 Å². The van der Waals surface area contributed by atoms with Crippen molar-refractivity contribution in [1.82, 2.24) is 10.6 Å². The topological polar surface area (TPSA) is 84.2 Å². The molecule has 1 aromatic carbocycles. The molecule has 0 atom stereocenters. The van der Waals surface area contributed by atoms with Crippen LogP contribution in [0, 0.1) is 0 Å². The molecule has 0 aliphatic carbocycles. The molecule has 5 nitrogen and oxygen atoms in total. The first-order valence-corrected chi connectivity index (χ1v) is 7.00. The summed E-state index contributed by atoms with van der Waals surface area (Å²) in [6.07, 6.45) is 2.22. The Kier molecular flexibility index (Phi) is 7.17.